The largest absolute Gasteiger partial charge is 0.379 e. The molecule has 0 radical (unpaired) electrons. The number of thiazole rings is 1. The van der Waals surface area contributed by atoms with Gasteiger partial charge in [0.2, 0.25) is 5.91 Å². The van der Waals surface area contributed by atoms with E-state index < -0.39 is 0 Å². The predicted octanol–water partition coefficient (Wildman–Crippen LogP) is 1.73. The fourth-order valence-corrected chi connectivity index (χ4v) is 3.66. The fourth-order valence-electron chi connectivity index (χ4n) is 2.87. The number of ether oxygens (including phenoxy) is 2. The van der Waals surface area contributed by atoms with Crippen molar-refractivity contribution in [3.8, 4) is 0 Å². The topological polar surface area (TPSA) is 63.7 Å². The Labute approximate surface area is 134 Å². The predicted molar refractivity (Wildman–Crippen MR) is 85.0 cm³/mol. The van der Waals surface area contributed by atoms with Gasteiger partial charge in [-0.1, -0.05) is 17.8 Å². The van der Waals surface area contributed by atoms with E-state index in [1.807, 2.05) is 0 Å². The van der Waals surface area contributed by atoms with Crippen LogP contribution < -0.4 is 5.32 Å². The van der Waals surface area contributed by atoms with Crippen molar-refractivity contribution in [1.82, 2.24) is 9.88 Å². The number of nitrogens with zero attached hydrogens (tertiary/aromatic N) is 2. The van der Waals surface area contributed by atoms with E-state index in [1.165, 1.54) is 30.6 Å². The zero-order valence-electron chi connectivity index (χ0n) is 12.9. The summed E-state index contributed by atoms with van der Waals surface area (Å²) >= 11 is 1.45. The van der Waals surface area contributed by atoms with Crippen LogP contribution in [-0.4, -0.2) is 55.2 Å². The van der Waals surface area contributed by atoms with Gasteiger partial charge in [-0.2, -0.15) is 0 Å². The van der Waals surface area contributed by atoms with Crippen LogP contribution in [0.15, 0.2) is 6.20 Å². The highest BCUT2D eigenvalue weighted by Crippen LogP contribution is 2.28. The molecular formula is C15H23N3O3S. The monoisotopic (exact) mass is 325 g/mol. The molecule has 0 aromatic carbocycles. The number of amides is 1. The molecule has 1 aliphatic carbocycles. The molecule has 2 heterocycles. The van der Waals surface area contributed by atoms with Crippen molar-refractivity contribution in [2.24, 2.45) is 5.92 Å². The van der Waals surface area contributed by atoms with E-state index in [0.717, 1.165) is 23.9 Å². The normalized spacial score (nSPS) is 23.2. The molecule has 1 N–H and O–H groups in total. The minimum atomic E-state index is -0.205. The van der Waals surface area contributed by atoms with Gasteiger partial charge < -0.3 is 14.8 Å². The first-order valence-electron chi connectivity index (χ1n) is 7.82. The van der Waals surface area contributed by atoms with E-state index in [-0.39, 0.29) is 11.9 Å². The molecule has 1 amide bonds. The second-order valence-corrected chi connectivity index (χ2v) is 7.05. The summed E-state index contributed by atoms with van der Waals surface area (Å²) in [7, 11) is 1.65. The summed E-state index contributed by atoms with van der Waals surface area (Å²) in [4.78, 5) is 20.0. The molecule has 2 fully saturated rings. The summed E-state index contributed by atoms with van der Waals surface area (Å²) in [5.41, 5.74) is 0. The van der Waals surface area contributed by atoms with E-state index in [4.69, 9.17) is 9.47 Å². The molecule has 122 valence electrons. The number of rotatable bonds is 6. The van der Waals surface area contributed by atoms with Gasteiger partial charge in [-0.05, 0) is 18.8 Å². The summed E-state index contributed by atoms with van der Waals surface area (Å²) in [5, 5.41) is 3.55. The molecule has 1 saturated carbocycles. The van der Waals surface area contributed by atoms with Crippen LogP contribution >= 0.6 is 11.3 Å². The van der Waals surface area contributed by atoms with Crippen molar-refractivity contribution < 1.29 is 14.3 Å². The maximum atomic E-state index is 12.5. The maximum Gasteiger partial charge on any atom is 0.245 e. The first-order valence-corrected chi connectivity index (χ1v) is 8.64. The van der Waals surface area contributed by atoms with E-state index >= 15 is 0 Å². The van der Waals surface area contributed by atoms with Crippen molar-refractivity contribution in [3.63, 3.8) is 0 Å². The molecule has 1 saturated heterocycles. The van der Waals surface area contributed by atoms with Crippen LogP contribution in [0.3, 0.4) is 0 Å². The standard InChI is InChI=1S/C15H23N3O3S/c1-20-9-12-7-16-15(22-12)17-14(19)13-10-21-6-5-18(13)8-11-3-2-4-11/h7,11,13H,2-6,8-10H2,1H3,(H,16,17,19). The summed E-state index contributed by atoms with van der Waals surface area (Å²) in [6.07, 6.45) is 5.65. The van der Waals surface area contributed by atoms with Crippen molar-refractivity contribution in [1.29, 1.82) is 0 Å². The number of hydrogen-bond acceptors (Lipinski definition) is 6. The number of aromatic nitrogens is 1. The van der Waals surface area contributed by atoms with Gasteiger partial charge in [0.1, 0.15) is 6.04 Å². The molecule has 1 aromatic rings. The Balaban J connectivity index is 1.58. The highest BCUT2D eigenvalue weighted by molar-refractivity contribution is 7.15. The first-order chi connectivity index (χ1) is 10.8. The number of carbonyl (C=O) groups is 1. The third-order valence-corrected chi connectivity index (χ3v) is 5.22. The summed E-state index contributed by atoms with van der Waals surface area (Å²) in [6, 6.07) is -0.205. The highest BCUT2D eigenvalue weighted by atomic mass is 32.1. The zero-order chi connectivity index (χ0) is 15.4. The third-order valence-electron chi connectivity index (χ3n) is 4.33. The molecule has 1 aliphatic heterocycles. The number of methoxy groups -OCH3 is 1. The maximum absolute atomic E-state index is 12.5. The van der Waals surface area contributed by atoms with Crippen LogP contribution in [0.4, 0.5) is 5.13 Å². The Morgan fingerprint density at radius 1 is 1.59 bits per heavy atom. The summed E-state index contributed by atoms with van der Waals surface area (Å²) in [5.74, 6) is 0.735. The van der Waals surface area contributed by atoms with Gasteiger partial charge >= 0.3 is 0 Å². The Morgan fingerprint density at radius 3 is 3.18 bits per heavy atom. The van der Waals surface area contributed by atoms with Crippen LogP contribution in [-0.2, 0) is 20.9 Å². The minimum absolute atomic E-state index is 0.0164. The third kappa shape index (κ3) is 3.84. The molecule has 2 aliphatic rings. The van der Waals surface area contributed by atoms with Gasteiger partial charge in [0, 0.05) is 26.4 Å². The Hall–Kier alpha value is -1.02. The average Bonchev–Trinajstić information content (AvgIpc) is 2.91. The number of morpholine rings is 1. The van der Waals surface area contributed by atoms with Gasteiger partial charge in [-0.15, -0.1) is 0 Å². The van der Waals surface area contributed by atoms with Gasteiger partial charge in [-0.25, -0.2) is 4.98 Å². The van der Waals surface area contributed by atoms with Crippen molar-refractivity contribution in [2.75, 3.05) is 38.7 Å². The van der Waals surface area contributed by atoms with Crippen molar-refractivity contribution in [2.45, 2.75) is 31.9 Å². The second kappa shape index (κ2) is 7.50. The number of anilines is 1. The van der Waals surface area contributed by atoms with E-state index in [9.17, 15) is 4.79 Å². The zero-order valence-corrected chi connectivity index (χ0v) is 13.7. The van der Waals surface area contributed by atoms with E-state index in [1.54, 1.807) is 13.3 Å². The number of carbonyl (C=O) groups excluding carboxylic acids is 1. The molecular weight excluding hydrogens is 302 g/mol. The molecule has 7 heteroatoms. The lowest BCUT2D eigenvalue weighted by atomic mass is 9.84. The lowest BCUT2D eigenvalue weighted by Crippen LogP contribution is -2.53. The second-order valence-electron chi connectivity index (χ2n) is 5.94. The summed E-state index contributed by atoms with van der Waals surface area (Å²) in [6.45, 7) is 3.55. The quantitative estimate of drug-likeness (QED) is 0.863. The Bertz CT molecular complexity index is 504. The molecule has 1 unspecified atom stereocenters. The molecule has 3 rings (SSSR count). The molecule has 0 bridgehead atoms. The van der Waals surface area contributed by atoms with Crippen LogP contribution in [0, 0.1) is 5.92 Å². The minimum Gasteiger partial charge on any atom is -0.379 e. The first kappa shape index (κ1) is 15.9. The van der Waals surface area contributed by atoms with Gasteiger partial charge in [0.15, 0.2) is 5.13 Å². The average molecular weight is 325 g/mol. The van der Waals surface area contributed by atoms with E-state index in [0.29, 0.717) is 25.0 Å². The Morgan fingerprint density at radius 2 is 2.45 bits per heavy atom. The van der Waals surface area contributed by atoms with Crippen molar-refractivity contribution >= 4 is 22.4 Å². The molecule has 1 aromatic heterocycles. The lowest BCUT2D eigenvalue weighted by Gasteiger charge is -2.38. The van der Waals surface area contributed by atoms with Gasteiger partial charge in [-0.3, -0.25) is 9.69 Å². The fraction of sp³-hybridized carbons (Fsp3) is 0.733. The van der Waals surface area contributed by atoms with E-state index in [2.05, 4.69) is 15.2 Å². The van der Waals surface area contributed by atoms with Crippen LogP contribution in [0.1, 0.15) is 24.1 Å². The van der Waals surface area contributed by atoms with Crippen LogP contribution in [0.5, 0.6) is 0 Å². The molecule has 6 nitrogen and oxygen atoms in total. The van der Waals surface area contributed by atoms with Crippen molar-refractivity contribution in [3.05, 3.63) is 11.1 Å². The SMILES string of the molecule is COCc1cnc(NC(=O)C2COCCN2CC2CCC2)s1. The smallest absolute Gasteiger partial charge is 0.245 e. The Kier molecular flexibility index (Phi) is 5.41. The molecule has 22 heavy (non-hydrogen) atoms. The summed E-state index contributed by atoms with van der Waals surface area (Å²) < 4.78 is 10.6. The van der Waals surface area contributed by atoms with Gasteiger partial charge in [0.05, 0.1) is 24.7 Å². The number of nitrogens with one attached hydrogen (secondary N) is 1. The molecule has 1 atom stereocenters. The molecule has 0 spiro atoms. The van der Waals surface area contributed by atoms with Gasteiger partial charge in [0.25, 0.3) is 0 Å². The lowest BCUT2D eigenvalue weighted by molar-refractivity contribution is -0.128. The van der Waals surface area contributed by atoms with Crippen LogP contribution in [0.25, 0.3) is 0 Å². The number of hydrogen-bond donors (Lipinski definition) is 1. The van der Waals surface area contributed by atoms with Crippen LogP contribution in [0.2, 0.25) is 0 Å². The highest BCUT2D eigenvalue weighted by Gasteiger charge is 2.32.